The molecule has 2 rings (SSSR count). The lowest BCUT2D eigenvalue weighted by Crippen LogP contribution is -2.20. The molecule has 114 valence electrons. The molecule has 21 heavy (non-hydrogen) atoms. The molecule has 0 aliphatic rings. The first-order valence-electron chi connectivity index (χ1n) is 6.40. The van der Waals surface area contributed by atoms with Gasteiger partial charge in [-0.25, -0.2) is 4.39 Å². The number of hydrogen-bond acceptors (Lipinski definition) is 2. The number of nitrogens with one attached hydrogen (secondary N) is 1. The first-order valence-corrected chi connectivity index (χ1v) is 6.40. The molecule has 0 amide bonds. The van der Waals surface area contributed by atoms with Crippen LogP contribution in [0.5, 0.6) is 0 Å². The number of aryl methyl sites for hydroxylation is 1. The minimum absolute atomic E-state index is 0.0371. The Hall–Kier alpha value is -1.89. The van der Waals surface area contributed by atoms with Gasteiger partial charge in [0.1, 0.15) is 5.82 Å². The van der Waals surface area contributed by atoms with Crippen LogP contribution >= 0.6 is 0 Å². The molecule has 0 radical (unpaired) electrons. The van der Waals surface area contributed by atoms with Crippen LogP contribution in [-0.4, -0.2) is 16.3 Å². The first-order chi connectivity index (χ1) is 9.86. The van der Waals surface area contributed by atoms with Gasteiger partial charge in [0.25, 0.3) is 0 Å². The number of rotatable bonds is 5. The third kappa shape index (κ3) is 4.29. The number of hydrogen-bond donors (Lipinski definition) is 1. The van der Waals surface area contributed by atoms with Crippen LogP contribution in [0, 0.1) is 5.82 Å². The second-order valence-electron chi connectivity index (χ2n) is 4.75. The summed E-state index contributed by atoms with van der Waals surface area (Å²) in [7, 11) is 1.80. The van der Waals surface area contributed by atoms with Crippen molar-refractivity contribution in [2.24, 2.45) is 7.05 Å². The van der Waals surface area contributed by atoms with Crippen LogP contribution in [0.2, 0.25) is 0 Å². The van der Waals surface area contributed by atoms with Crippen molar-refractivity contribution in [3.8, 4) is 0 Å². The third-order valence-corrected chi connectivity index (χ3v) is 3.04. The number of benzene rings is 1. The number of aromatic nitrogens is 2. The molecular weight excluding hydrogens is 286 g/mol. The van der Waals surface area contributed by atoms with Gasteiger partial charge in [-0.2, -0.15) is 18.3 Å². The molecule has 1 heterocycles. The molecule has 0 bridgehead atoms. The van der Waals surface area contributed by atoms with E-state index in [1.54, 1.807) is 17.9 Å². The second kappa shape index (κ2) is 6.26. The lowest BCUT2D eigenvalue weighted by Gasteiger charge is -2.13. The highest BCUT2D eigenvalue weighted by Gasteiger charge is 2.33. The lowest BCUT2D eigenvalue weighted by atomic mass is 10.1. The Balaban J connectivity index is 1.94. The maximum atomic E-state index is 13.0. The summed E-state index contributed by atoms with van der Waals surface area (Å²) in [5.74, 6) is -0.888. The zero-order valence-electron chi connectivity index (χ0n) is 11.4. The van der Waals surface area contributed by atoms with E-state index in [0.717, 1.165) is 17.7 Å². The van der Waals surface area contributed by atoms with Gasteiger partial charge in [-0.05, 0) is 36.2 Å². The zero-order chi connectivity index (χ0) is 15.5. The van der Waals surface area contributed by atoms with E-state index < -0.39 is 17.6 Å². The molecular formula is C14H15F4N3. The molecule has 0 aliphatic carbocycles. The predicted octanol–water partition coefficient (Wildman–Crippen LogP) is 2.91. The minimum Gasteiger partial charge on any atom is -0.312 e. The van der Waals surface area contributed by atoms with Crippen LogP contribution < -0.4 is 5.32 Å². The van der Waals surface area contributed by atoms with Crippen LogP contribution in [0.15, 0.2) is 30.6 Å². The van der Waals surface area contributed by atoms with Crippen LogP contribution in [0.1, 0.15) is 16.7 Å². The van der Waals surface area contributed by atoms with Crippen molar-refractivity contribution in [2.45, 2.75) is 19.1 Å². The van der Waals surface area contributed by atoms with Crippen molar-refractivity contribution >= 4 is 0 Å². The summed E-state index contributed by atoms with van der Waals surface area (Å²) < 4.78 is 53.0. The summed E-state index contributed by atoms with van der Waals surface area (Å²) in [6, 6.07) is 2.72. The highest BCUT2D eigenvalue weighted by Crippen LogP contribution is 2.32. The Morgan fingerprint density at radius 2 is 2.05 bits per heavy atom. The fraction of sp³-hybridized carbons (Fsp3) is 0.357. The molecule has 2 aromatic rings. The molecule has 1 N–H and O–H groups in total. The molecule has 1 aromatic carbocycles. The van der Waals surface area contributed by atoms with Crippen molar-refractivity contribution < 1.29 is 17.6 Å². The molecule has 3 nitrogen and oxygen atoms in total. The van der Waals surface area contributed by atoms with E-state index in [0.29, 0.717) is 19.0 Å². The van der Waals surface area contributed by atoms with Crippen LogP contribution in [0.4, 0.5) is 17.6 Å². The van der Waals surface area contributed by atoms with E-state index in [1.807, 2.05) is 6.20 Å². The molecule has 0 saturated carbocycles. The number of halogens is 4. The molecule has 0 spiro atoms. The van der Waals surface area contributed by atoms with E-state index in [9.17, 15) is 17.6 Å². The second-order valence-corrected chi connectivity index (χ2v) is 4.75. The standard InChI is InChI=1S/C14H15F4N3/c1-21-9-10(7-20-21)4-5-19-8-11-2-3-12(15)6-13(11)14(16,17)18/h2-3,6-7,9,19H,4-5,8H2,1H3. The van der Waals surface area contributed by atoms with Crippen molar-refractivity contribution in [1.82, 2.24) is 15.1 Å². The van der Waals surface area contributed by atoms with Crippen LogP contribution in [-0.2, 0) is 26.2 Å². The molecule has 0 saturated heterocycles. The van der Waals surface area contributed by atoms with Crippen molar-refractivity contribution in [3.63, 3.8) is 0 Å². The number of alkyl halides is 3. The van der Waals surface area contributed by atoms with Crippen molar-refractivity contribution in [1.29, 1.82) is 0 Å². The van der Waals surface area contributed by atoms with Gasteiger partial charge in [0, 0.05) is 19.8 Å². The third-order valence-electron chi connectivity index (χ3n) is 3.04. The normalized spacial score (nSPS) is 11.9. The van der Waals surface area contributed by atoms with Crippen LogP contribution in [0.25, 0.3) is 0 Å². The maximum Gasteiger partial charge on any atom is 0.416 e. The molecule has 1 aromatic heterocycles. The Kier molecular flexibility index (Phi) is 4.62. The average molecular weight is 301 g/mol. The fourth-order valence-electron chi connectivity index (χ4n) is 2.02. The van der Waals surface area contributed by atoms with Crippen molar-refractivity contribution in [3.05, 3.63) is 53.1 Å². The van der Waals surface area contributed by atoms with Crippen LogP contribution in [0.3, 0.4) is 0 Å². The highest BCUT2D eigenvalue weighted by atomic mass is 19.4. The summed E-state index contributed by atoms with van der Waals surface area (Å²) in [5.41, 5.74) is 0.103. The van der Waals surface area contributed by atoms with E-state index in [-0.39, 0.29) is 12.1 Å². The van der Waals surface area contributed by atoms with E-state index in [2.05, 4.69) is 10.4 Å². The first kappa shape index (κ1) is 15.5. The Bertz CT molecular complexity index is 605. The average Bonchev–Trinajstić information content (AvgIpc) is 2.81. The van der Waals surface area contributed by atoms with E-state index in [1.165, 1.54) is 0 Å². The highest BCUT2D eigenvalue weighted by molar-refractivity contribution is 5.30. The summed E-state index contributed by atoms with van der Waals surface area (Å²) >= 11 is 0. The molecule has 0 atom stereocenters. The van der Waals surface area contributed by atoms with Gasteiger partial charge in [0.2, 0.25) is 0 Å². The summed E-state index contributed by atoms with van der Waals surface area (Å²) in [6.07, 6.45) is -0.333. The van der Waals surface area contributed by atoms with Gasteiger partial charge in [0.15, 0.2) is 0 Å². The van der Waals surface area contributed by atoms with Gasteiger partial charge < -0.3 is 5.32 Å². The zero-order valence-corrected chi connectivity index (χ0v) is 11.4. The monoisotopic (exact) mass is 301 g/mol. The smallest absolute Gasteiger partial charge is 0.312 e. The maximum absolute atomic E-state index is 13.0. The Morgan fingerprint density at radius 3 is 2.67 bits per heavy atom. The summed E-state index contributed by atoms with van der Waals surface area (Å²) in [5, 5.41) is 6.94. The topological polar surface area (TPSA) is 29.9 Å². The predicted molar refractivity (Wildman–Crippen MR) is 70.0 cm³/mol. The largest absolute Gasteiger partial charge is 0.416 e. The van der Waals surface area contributed by atoms with Gasteiger partial charge in [-0.15, -0.1) is 0 Å². The van der Waals surface area contributed by atoms with Gasteiger partial charge in [-0.3, -0.25) is 4.68 Å². The Morgan fingerprint density at radius 1 is 1.29 bits per heavy atom. The van der Waals surface area contributed by atoms with Gasteiger partial charge >= 0.3 is 6.18 Å². The summed E-state index contributed by atoms with van der Waals surface area (Å²) in [6.45, 7) is 0.551. The van der Waals surface area contributed by atoms with Gasteiger partial charge in [0.05, 0.1) is 11.8 Å². The molecule has 0 unspecified atom stereocenters. The van der Waals surface area contributed by atoms with E-state index >= 15 is 0 Å². The molecule has 7 heteroatoms. The fourth-order valence-corrected chi connectivity index (χ4v) is 2.02. The molecule has 0 fully saturated rings. The van der Waals surface area contributed by atoms with Crippen molar-refractivity contribution in [2.75, 3.05) is 6.54 Å². The van der Waals surface area contributed by atoms with Gasteiger partial charge in [-0.1, -0.05) is 6.07 Å². The SMILES string of the molecule is Cn1cc(CCNCc2ccc(F)cc2C(F)(F)F)cn1. The van der Waals surface area contributed by atoms with E-state index in [4.69, 9.17) is 0 Å². The molecule has 0 aliphatic heterocycles. The lowest BCUT2D eigenvalue weighted by molar-refractivity contribution is -0.138. The quantitative estimate of drug-likeness (QED) is 0.680. The summed E-state index contributed by atoms with van der Waals surface area (Å²) in [4.78, 5) is 0. The minimum atomic E-state index is -4.55. The Labute approximate surface area is 119 Å². The number of nitrogens with zero attached hydrogens (tertiary/aromatic N) is 2.